The van der Waals surface area contributed by atoms with E-state index >= 15 is 0 Å². The Morgan fingerprint density at radius 1 is 0.909 bits per heavy atom. The molecule has 0 aromatic heterocycles. The second-order valence-electron chi connectivity index (χ2n) is 3.39. The average molecular weight is 160 g/mol. The molecule has 4 unspecified atom stereocenters. The Balaban J connectivity index is 2.63. The minimum atomic E-state index is -0.735. The van der Waals surface area contributed by atoms with Crippen molar-refractivity contribution in [2.75, 3.05) is 0 Å². The summed E-state index contributed by atoms with van der Waals surface area (Å²) in [7, 11) is 0. The topological polar surface area (TPSA) is 49.7 Å². The van der Waals surface area contributed by atoms with Gasteiger partial charge >= 0.3 is 0 Å². The summed E-state index contributed by atoms with van der Waals surface area (Å²) in [5.74, 6) is 0.0150. The van der Waals surface area contributed by atoms with E-state index in [4.69, 9.17) is 4.74 Å². The standard InChI is InChI=1S/C8H16O3/c1-4-5(2)11-6(3)8(10)7(4)9/h4-10H,1-3H3/t4?,5-,6?,7?,8?/m0/s1. The zero-order valence-corrected chi connectivity index (χ0v) is 7.19. The molecule has 1 saturated heterocycles. The van der Waals surface area contributed by atoms with E-state index in [9.17, 15) is 10.2 Å². The maximum absolute atomic E-state index is 9.46. The smallest absolute Gasteiger partial charge is 0.106 e. The van der Waals surface area contributed by atoms with Gasteiger partial charge in [0.15, 0.2) is 0 Å². The van der Waals surface area contributed by atoms with Crippen LogP contribution in [0.3, 0.4) is 0 Å². The van der Waals surface area contributed by atoms with Gasteiger partial charge in [0.1, 0.15) is 6.10 Å². The van der Waals surface area contributed by atoms with Gasteiger partial charge in [0.05, 0.1) is 18.3 Å². The molecule has 0 saturated carbocycles. The van der Waals surface area contributed by atoms with Crippen LogP contribution in [0.25, 0.3) is 0 Å². The fraction of sp³-hybridized carbons (Fsp3) is 1.00. The summed E-state index contributed by atoms with van der Waals surface area (Å²) in [5, 5.41) is 18.8. The molecule has 0 spiro atoms. The lowest BCUT2D eigenvalue weighted by Crippen LogP contribution is -2.51. The summed E-state index contributed by atoms with van der Waals surface area (Å²) >= 11 is 0. The van der Waals surface area contributed by atoms with Gasteiger partial charge in [0.25, 0.3) is 0 Å². The van der Waals surface area contributed by atoms with Crippen molar-refractivity contribution in [1.29, 1.82) is 0 Å². The van der Waals surface area contributed by atoms with Gasteiger partial charge in [-0.15, -0.1) is 0 Å². The fourth-order valence-corrected chi connectivity index (χ4v) is 1.41. The SMILES string of the molecule is CC1O[C@@H](C)C(C)C(O)C1O. The van der Waals surface area contributed by atoms with Gasteiger partial charge < -0.3 is 14.9 Å². The van der Waals surface area contributed by atoms with Crippen molar-refractivity contribution < 1.29 is 14.9 Å². The zero-order chi connectivity index (χ0) is 8.59. The van der Waals surface area contributed by atoms with Gasteiger partial charge in [0, 0.05) is 5.92 Å². The van der Waals surface area contributed by atoms with Crippen molar-refractivity contribution >= 4 is 0 Å². The number of rotatable bonds is 0. The lowest BCUT2D eigenvalue weighted by molar-refractivity contribution is -0.184. The first-order valence-corrected chi connectivity index (χ1v) is 4.05. The predicted octanol–water partition coefficient (Wildman–Crippen LogP) is 0.152. The first kappa shape index (κ1) is 8.97. The van der Waals surface area contributed by atoms with Crippen LogP contribution in [-0.4, -0.2) is 34.6 Å². The zero-order valence-electron chi connectivity index (χ0n) is 7.19. The van der Waals surface area contributed by atoms with Crippen LogP contribution in [0.15, 0.2) is 0 Å². The van der Waals surface area contributed by atoms with Crippen molar-refractivity contribution in [3.05, 3.63) is 0 Å². The van der Waals surface area contributed by atoms with Crippen molar-refractivity contribution in [2.24, 2.45) is 5.92 Å². The molecule has 3 nitrogen and oxygen atoms in total. The van der Waals surface area contributed by atoms with E-state index in [1.807, 2.05) is 13.8 Å². The molecule has 2 N–H and O–H groups in total. The van der Waals surface area contributed by atoms with Crippen molar-refractivity contribution in [1.82, 2.24) is 0 Å². The minimum absolute atomic E-state index is 0.0150. The summed E-state index contributed by atoms with van der Waals surface area (Å²) in [6, 6.07) is 0. The summed E-state index contributed by atoms with van der Waals surface area (Å²) in [6.45, 7) is 5.57. The summed E-state index contributed by atoms with van der Waals surface area (Å²) in [4.78, 5) is 0. The monoisotopic (exact) mass is 160 g/mol. The molecule has 5 atom stereocenters. The predicted molar refractivity (Wildman–Crippen MR) is 41.2 cm³/mol. The molecular weight excluding hydrogens is 144 g/mol. The third-order valence-corrected chi connectivity index (χ3v) is 2.54. The second kappa shape index (κ2) is 3.09. The largest absolute Gasteiger partial charge is 0.390 e. The molecule has 1 aliphatic heterocycles. The first-order valence-electron chi connectivity index (χ1n) is 4.05. The average Bonchev–Trinajstić information content (AvgIpc) is 1.97. The Morgan fingerprint density at radius 3 is 2.00 bits per heavy atom. The molecule has 3 heteroatoms. The van der Waals surface area contributed by atoms with Gasteiger partial charge in [-0.3, -0.25) is 0 Å². The second-order valence-corrected chi connectivity index (χ2v) is 3.39. The molecule has 0 bridgehead atoms. The molecule has 0 radical (unpaired) electrons. The molecule has 11 heavy (non-hydrogen) atoms. The van der Waals surface area contributed by atoms with Gasteiger partial charge in [-0.2, -0.15) is 0 Å². The van der Waals surface area contributed by atoms with Crippen LogP contribution in [0.4, 0.5) is 0 Å². The Morgan fingerprint density at radius 2 is 1.45 bits per heavy atom. The molecule has 0 amide bonds. The Hall–Kier alpha value is -0.120. The van der Waals surface area contributed by atoms with Crippen molar-refractivity contribution in [3.63, 3.8) is 0 Å². The molecule has 1 heterocycles. The lowest BCUT2D eigenvalue weighted by atomic mass is 9.89. The Bertz CT molecular complexity index is 123. The van der Waals surface area contributed by atoms with Crippen LogP contribution in [0.5, 0.6) is 0 Å². The van der Waals surface area contributed by atoms with Crippen LogP contribution >= 0.6 is 0 Å². The number of aliphatic hydroxyl groups is 2. The van der Waals surface area contributed by atoms with E-state index < -0.39 is 12.2 Å². The van der Waals surface area contributed by atoms with Crippen LogP contribution in [0.2, 0.25) is 0 Å². The van der Waals surface area contributed by atoms with Crippen LogP contribution in [-0.2, 0) is 4.74 Å². The van der Waals surface area contributed by atoms with Gasteiger partial charge in [-0.1, -0.05) is 6.92 Å². The molecule has 66 valence electrons. The van der Waals surface area contributed by atoms with E-state index in [1.165, 1.54) is 0 Å². The highest BCUT2D eigenvalue weighted by Crippen LogP contribution is 2.24. The van der Waals surface area contributed by atoms with Gasteiger partial charge in [0.2, 0.25) is 0 Å². The molecule has 1 rings (SSSR count). The number of aliphatic hydroxyl groups excluding tert-OH is 2. The lowest BCUT2D eigenvalue weighted by Gasteiger charge is -2.38. The Labute approximate surface area is 67.0 Å². The molecule has 0 aromatic rings. The number of hydrogen-bond donors (Lipinski definition) is 2. The summed E-state index contributed by atoms with van der Waals surface area (Å²) in [6.07, 6.45) is -1.60. The quantitative estimate of drug-likeness (QED) is 0.530. The normalized spacial score (nSPS) is 52.6. The summed E-state index contributed by atoms with van der Waals surface area (Å²) < 4.78 is 5.37. The van der Waals surface area contributed by atoms with E-state index in [-0.39, 0.29) is 18.1 Å². The highest BCUT2D eigenvalue weighted by molar-refractivity contribution is 4.86. The van der Waals surface area contributed by atoms with Crippen LogP contribution < -0.4 is 0 Å². The van der Waals surface area contributed by atoms with Crippen LogP contribution in [0, 0.1) is 5.92 Å². The van der Waals surface area contributed by atoms with E-state index in [0.29, 0.717) is 0 Å². The summed E-state index contributed by atoms with van der Waals surface area (Å²) in [5.41, 5.74) is 0. The van der Waals surface area contributed by atoms with Crippen LogP contribution in [0.1, 0.15) is 20.8 Å². The first-order chi connectivity index (χ1) is 5.04. The number of hydrogen-bond acceptors (Lipinski definition) is 3. The maximum Gasteiger partial charge on any atom is 0.106 e. The number of ether oxygens (including phenoxy) is 1. The van der Waals surface area contributed by atoms with E-state index in [0.717, 1.165) is 0 Å². The van der Waals surface area contributed by atoms with E-state index in [1.54, 1.807) is 6.92 Å². The molecule has 1 aliphatic rings. The third-order valence-electron chi connectivity index (χ3n) is 2.54. The van der Waals surface area contributed by atoms with Gasteiger partial charge in [-0.05, 0) is 13.8 Å². The highest BCUT2D eigenvalue weighted by atomic mass is 16.5. The highest BCUT2D eigenvalue weighted by Gasteiger charge is 2.37. The fourth-order valence-electron chi connectivity index (χ4n) is 1.41. The van der Waals surface area contributed by atoms with E-state index in [2.05, 4.69) is 0 Å². The molecule has 0 aliphatic carbocycles. The molecule has 0 aromatic carbocycles. The van der Waals surface area contributed by atoms with Gasteiger partial charge in [-0.25, -0.2) is 0 Å². The Kier molecular flexibility index (Phi) is 2.52. The molecule has 1 fully saturated rings. The third kappa shape index (κ3) is 1.55. The maximum atomic E-state index is 9.46. The minimum Gasteiger partial charge on any atom is -0.390 e. The molecular formula is C8H16O3. The van der Waals surface area contributed by atoms with Crippen molar-refractivity contribution in [2.45, 2.75) is 45.2 Å². The van der Waals surface area contributed by atoms with Crippen molar-refractivity contribution in [3.8, 4) is 0 Å².